The molecular weight excluding hydrogens is 240 g/mol. The molecule has 17 heavy (non-hydrogen) atoms. The lowest BCUT2D eigenvalue weighted by Gasteiger charge is -2.09. The Kier molecular flexibility index (Phi) is 3.35. The summed E-state index contributed by atoms with van der Waals surface area (Å²) in [5, 5.41) is 4.88. The molecule has 0 aliphatic carbocycles. The quantitative estimate of drug-likeness (QED) is 0.464. The maximum absolute atomic E-state index is 11.0. The van der Waals surface area contributed by atoms with Crippen molar-refractivity contribution in [3.63, 3.8) is 0 Å². The van der Waals surface area contributed by atoms with Crippen molar-refractivity contribution < 1.29 is 0 Å². The summed E-state index contributed by atoms with van der Waals surface area (Å²) < 4.78 is 0. The maximum atomic E-state index is 11.0. The number of aromatic amines is 1. The monoisotopic (exact) mass is 252 g/mol. The first-order valence-electron chi connectivity index (χ1n) is 4.89. The second-order valence-electron chi connectivity index (χ2n) is 3.37. The molecule has 7 nitrogen and oxygen atoms in total. The smallest absolute Gasteiger partial charge is 0.304 e. The van der Waals surface area contributed by atoms with Gasteiger partial charge in [0.2, 0.25) is 0 Å². The van der Waals surface area contributed by atoms with Crippen LogP contribution in [0, 0.1) is 6.92 Å². The second kappa shape index (κ2) is 4.93. The number of hydrogen-bond donors (Lipinski definition) is 4. The molecule has 2 aromatic heterocycles. The number of nitrogen functional groups attached to an aromatic ring is 1. The molecule has 0 unspecified atom stereocenters. The Morgan fingerprint density at radius 3 is 2.88 bits per heavy atom. The van der Waals surface area contributed by atoms with Gasteiger partial charge in [-0.3, -0.25) is 4.79 Å². The molecule has 0 spiro atoms. The van der Waals surface area contributed by atoms with E-state index in [1.54, 1.807) is 5.38 Å². The lowest BCUT2D eigenvalue weighted by Crippen LogP contribution is -2.13. The number of nitrogens with one attached hydrogen (secondary N) is 3. The zero-order chi connectivity index (χ0) is 12.3. The van der Waals surface area contributed by atoms with Crippen LogP contribution in [-0.2, 0) is 6.54 Å². The molecule has 0 fully saturated rings. The fourth-order valence-electron chi connectivity index (χ4n) is 1.35. The van der Waals surface area contributed by atoms with E-state index in [9.17, 15) is 4.79 Å². The Labute approximate surface area is 101 Å². The molecule has 0 aliphatic heterocycles. The third-order valence-corrected chi connectivity index (χ3v) is 2.96. The van der Waals surface area contributed by atoms with Crippen LogP contribution in [0.1, 0.15) is 11.3 Å². The molecular formula is C9H12N6OS. The molecule has 0 atom stereocenters. The van der Waals surface area contributed by atoms with E-state index in [4.69, 9.17) is 5.84 Å². The zero-order valence-corrected chi connectivity index (χ0v) is 9.97. The van der Waals surface area contributed by atoms with Gasteiger partial charge in [0, 0.05) is 16.6 Å². The van der Waals surface area contributed by atoms with Gasteiger partial charge in [0.1, 0.15) is 18.0 Å². The minimum Gasteiger partial charge on any atom is -0.364 e. The van der Waals surface area contributed by atoms with Crippen LogP contribution >= 0.6 is 11.3 Å². The molecule has 0 saturated heterocycles. The molecule has 2 rings (SSSR count). The summed E-state index contributed by atoms with van der Waals surface area (Å²) in [6.07, 6.45) is 1.42. The maximum Gasteiger partial charge on any atom is 0.304 e. The van der Waals surface area contributed by atoms with Gasteiger partial charge in [-0.25, -0.2) is 15.8 Å². The second-order valence-corrected chi connectivity index (χ2v) is 4.21. The number of rotatable bonds is 4. The van der Waals surface area contributed by atoms with E-state index < -0.39 is 0 Å². The number of hydrogen-bond acceptors (Lipinski definition) is 7. The van der Waals surface area contributed by atoms with Crippen molar-refractivity contribution in [2.75, 3.05) is 10.7 Å². The van der Waals surface area contributed by atoms with Crippen molar-refractivity contribution >= 4 is 23.0 Å². The van der Waals surface area contributed by atoms with Crippen molar-refractivity contribution in [3.8, 4) is 0 Å². The average Bonchev–Trinajstić information content (AvgIpc) is 2.74. The lowest BCUT2D eigenvalue weighted by molar-refractivity contribution is 1.02. The Morgan fingerprint density at radius 1 is 1.47 bits per heavy atom. The van der Waals surface area contributed by atoms with E-state index in [2.05, 4.69) is 25.7 Å². The molecule has 2 aromatic rings. The van der Waals surface area contributed by atoms with Crippen LogP contribution in [0.4, 0.5) is 11.6 Å². The third kappa shape index (κ3) is 2.60. The highest BCUT2D eigenvalue weighted by molar-refractivity contribution is 7.07. The molecule has 2 heterocycles. The summed E-state index contributed by atoms with van der Waals surface area (Å²) in [6.45, 7) is 2.36. The number of thiazole rings is 1. The standard InChI is InChI=1S/C9H12N6OS/c1-5-7(12-4-13-8(5)15-10)11-2-6-3-17-9(16)14-6/h3-4H,2,10H2,1H3,(H,14,16)(H2,11,12,13,15). The highest BCUT2D eigenvalue weighted by Gasteiger charge is 2.05. The molecule has 8 heteroatoms. The first kappa shape index (κ1) is 11.6. The van der Waals surface area contributed by atoms with Crippen LogP contribution in [0.2, 0.25) is 0 Å². The average molecular weight is 252 g/mol. The van der Waals surface area contributed by atoms with Crippen LogP contribution in [0.5, 0.6) is 0 Å². The number of H-pyrrole nitrogens is 1. The first-order valence-corrected chi connectivity index (χ1v) is 5.77. The minimum absolute atomic E-state index is 0.0643. The van der Waals surface area contributed by atoms with E-state index in [1.807, 2.05) is 6.92 Å². The predicted octanol–water partition coefficient (Wildman–Crippen LogP) is 0.433. The number of nitrogens with zero attached hydrogens (tertiary/aromatic N) is 2. The van der Waals surface area contributed by atoms with E-state index in [0.717, 1.165) is 22.6 Å². The van der Waals surface area contributed by atoms with Crippen LogP contribution in [0.25, 0.3) is 0 Å². The van der Waals surface area contributed by atoms with Gasteiger partial charge in [-0.2, -0.15) is 0 Å². The van der Waals surface area contributed by atoms with Crippen LogP contribution in [0.15, 0.2) is 16.5 Å². The van der Waals surface area contributed by atoms with Gasteiger partial charge in [-0.1, -0.05) is 11.3 Å². The molecule has 0 bridgehead atoms. The van der Waals surface area contributed by atoms with Gasteiger partial charge in [0.25, 0.3) is 0 Å². The van der Waals surface area contributed by atoms with Crippen molar-refractivity contribution in [1.82, 2.24) is 15.0 Å². The van der Waals surface area contributed by atoms with Crippen LogP contribution < -0.4 is 21.5 Å². The minimum atomic E-state index is -0.0643. The van der Waals surface area contributed by atoms with Crippen LogP contribution in [-0.4, -0.2) is 15.0 Å². The number of hydrazine groups is 1. The Hall–Kier alpha value is -1.93. The molecule has 5 N–H and O–H groups in total. The third-order valence-electron chi connectivity index (χ3n) is 2.24. The zero-order valence-electron chi connectivity index (χ0n) is 9.15. The lowest BCUT2D eigenvalue weighted by atomic mass is 10.3. The van der Waals surface area contributed by atoms with E-state index in [0.29, 0.717) is 18.2 Å². The summed E-state index contributed by atoms with van der Waals surface area (Å²) in [4.78, 5) is 21.7. The van der Waals surface area contributed by atoms with Gasteiger partial charge in [-0.15, -0.1) is 0 Å². The van der Waals surface area contributed by atoms with Gasteiger partial charge in [-0.05, 0) is 6.92 Å². The van der Waals surface area contributed by atoms with Gasteiger partial charge in [0.15, 0.2) is 0 Å². The van der Waals surface area contributed by atoms with Crippen molar-refractivity contribution in [2.45, 2.75) is 13.5 Å². The van der Waals surface area contributed by atoms with Gasteiger partial charge >= 0.3 is 4.87 Å². The number of nitrogens with two attached hydrogens (primary N) is 1. The summed E-state index contributed by atoms with van der Waals surface area (Å²) in [5.74, 6) is 6.57. The highest BCUT2D eigenvalue weighted by Crippen LogP contribution is 2.17. The van der Waals surface area contributed by atoms with Gasteiger partial charge < -0.3 is 15.7 Å². The van der Waals surface area contributed by atoms with E-state index in [1.165, 1.54) is 6.33 Å². The highest BCUT2D eigenvalue weighted by atomic mass is 32.1. The summed E-state index contributed by atoms with van der Waals surface area (Å²) in [7, 11) is 0. The normalized spacial score (nSPS) is 10.2. The molecule has 0 aromatic carbocycles. The molecule has 0 aliphatic rings. The number of anilines is 2. The Morgan fingerprint density at radius 2 is 2.24 bits per heavy atom. The summed E-state index contributed by atoms with van der Waals surface area (Å²) >= 11 is 1.14. The van der Waals surface area contributed by atoms with Gasteiger partial charge in [0.05, 0.1) is 6.54 Å². The molecule has 0 radical (unpaired) electrons. The molecule has 0 saturated carbocycles. The van der Waals surface area contributed by atoms with Crippen molar-refractivity contribution in [1.29, 1.82) is 0 Å². The SMILES string of the molecule is Cc1c(NN)ncnc1NCc1csc(=O)[nH]1. The van der Waals surface area contributed by atoms with E-state index in [-0.39, 0.29) is 4.87 Å². The molecule has 0 amide bonds. The molecule has 90 valence electrons. The van der Waals surface area contributed by atoms with Crippen LogP contribution in [0.3, 0.4) is 0 Å². The summed E-state index contributed by atoms with van der Waals surface area (Å²) in [5.41, 5.74) is 4.14. The van der Waals surface area contributed by atoms with Crippen molar-refractivity contribution in [2.24, 2.45) is 5.84 Å². The van der Waals surface area contributed by atoms with Crippen molar-refractivity contribution in [3.05, 3.63) is 32.6 Å². The Balaban J connectivity index is 2.11. The summed E-state index contributed by atoms with van der Waals surface area (Å²) in [6, 6.07) is 0. The predicted molar refractivity (Wildman–Crippen MR) is 66.8 cm³/mol. The fraction of sp³-hybridized carbons (Fsp3) is 0.222. The fourth-order valence-corrected chi connectivity index (χ4v) is 1.93. The number of aromatic nitrogens is 3. The largest absolute Gasteiger partial charge is 0.364 e. The first-order chi connectivity index (χ1) is 8.20. The Bertz CT molecular complexity index is 563. The topological polar surface area (TPSA) is 109 Å². The van der Waals surface area contributed by atoms with E-state index >= 15 is 0 Å².